The SMILES string of the molecule is COc1ccc(NC(N)=NCc2ccccc2CS(=O)(=O)NC(C)C)cc1OC.I. The van der Waals surface area contributed by atoms with Crippen LogP contribution in [0.2, 0.25) is 0 Å². The first-order valence-electron chi connectivity index (χ1n) is 9.10. The van der Waals surface area contributed by atoms with Crippen molar-refractivity contribution in [3.8, 4) is 11.5 Å². The van der Waals surface area contributed by atoms with Gasteiger partial charge in [0.1, 0.15) is 0 Å². The van der Waals surface area contributed by atoms with Crippen LogP contribution in [0.25, 0.3) is 0 Å². The van der Waals surface area contributed by atoms with Gasteiger partial charge in [0.2, 0.25) is 10.0 Å². The molecule has 0 aromatic heterocycles. The predicted molar refractivity (Wildman–Crippen MR) is 131 cm³/mol. The second kappa shape index (κ2) is 12.0. The summed E-state index contributed by atoms with van der Waals surface area (Å²) in [5.74, 6) is 1.27. The minimum Gasteiger partial charge on any atom is -0.493 e. The number of hydrogen-bond acceptors (Lipinski definition) is 5. The van der Waals surface area contributed by atoms with Gasteiger partial charge in [-0.1, -0.05) is 24.3 Å². The molecule has 10 heteroatoms. The van der Waals surface area contributed by atoms with Gasteiger partial charge in [0, 0.05) is 17.8 Å². The number of ether oxygens (including phenoxy) is 2. The summed E-state index contributed by atoms with van der Waals surface area (Å²) < 4.78 is 37.6. The Morgan fingerprint density at radius 2 is 1.70 bits per heavy atom. The van der Waals surface area contributed by atoms with Gasteiger partial charge < -0.3 is 20.5 Å². The smallest absolute Gasteiger partial charge is 0.216 e. The van der Waals surface area contributed by atoms with E-state index in [1.807, 2.05) is 12.1 Å². The van der Waals surface area contributed by atoms with Crippen molar-refractivity contribution in [1.29, 1.82) is 0 Å². The van der Waals surface area contributed by atoms with Crippen LogP contribution in [0.1, 0.15) is 25.0 Å². The van der Waals surface area contributed by atoms with Gasteiger partial charge in [-0.15, -0.1) is 24.0 Å². The number of rotatable bonds is 9. The Labute approximate surface area is 195 Å². The Bertz CT molecular complexity index is 965. The third kappa shape index (κ3) is 8.00. The highest BCUT2D eigenvalue weighted by atomic mass is 127. The molecule has 2 aromatic rings. The van der Waals surface area contributed by atoms with Crippen molar-refractivity contribution in [3.63, 3.8) is 0 Å². The van der Waals surface area contributed by atoms with Crippen LogP contribution in [-0.4, -0.2) is 34.6 Å². The highest BCUT2D eigenvalue weighted by molar-refractivity contribution is 14.0. The van der Waals surface area contributed by atoms with E-state index in [1.54, 1.807) is 58.4 Å². The molecule has 0 aliphatic heterocycles. The number of hydrogen-bond donors (Lipinski definition) is 3. The van der Waals surface area contributed by atoms with Gasteiger partial charge in [-0.05, 0) is 37.1 Å². The fourth-order valence-electron chi connectivity index (χ4n) is 2.73. The zero-order valence-electron chi connectivity index (χ0n) is 17.5. The quantitative estimate of drug-likeness (QED) is 0.252. The van der Waals surface area contributed by atoms with Gasteiger partial charge in [0.05, 0.1) is 26.5 Å². The molecule has 0 saturated carbocycles. The van der Waals surface area contributed by atoms with Crippen LogP contribution in [0.15, 0.2) is 47.5 Å². The molecule has 0 unspecified atom stereocenters. The lowest BCUT2D eigenvalue weighted by Gasteiger charge is -2.13. The minimum absolute atomic E-state index is 0. The molecule has 0 amide bonds. The van der Waals surface area contributed by atoms with Gasteiger partial charge in [-0.3, -0.25) is 0 Å². The zero-order chi connectivity index (χ0) is 21.4. The lowest BCUT2D eigenvalue weighted by atomic mass is 10.1. The molecular weight excluding hydrogens is 519 g/mol. The van der Waals surface area contributed by atoms with Gasteiger partial charge in [-0.2, -0.15) is 0 Å². The minimum atomic E-state index is -3.43. The molecule has 0 spiro atoms. The Kier molecular flexibility index (Phi) is 10.4. The molecule has 0 aliphatic carbocycles. The van der Waals surface area contributed by atoms with Crippen molar-refractivity contribution >= 4 is 45.6 Å². The van der Waals surface area contributed by atoms with Gasteiger partial charge in [-0.25, -0.2) is 18.1 Å². The molecule has 0 heterocycles. The Hall–Kier alpha value is -2.05. The highest BCUT2D eigenvalue weighted by Crippen LogP contribution is 2.29. The van der Waals surface area contributed by atoms with Crippen LogP contribution in [0, 0.1) is 0 Å². The van der Waals surface area contributed by atoms with E-state index in [1.165, 1.54) is 0 Å². The maximum Gasteiger partial charge on any atom is 0.216 e. The molecule has 2 rings (SSSR count). The second-order valence-corrected chi connectivity index (χ2v) is 8.45. The molecule has 2 aromatic carbocycles. The fraction of sp³-hybridized carbons (Fsp3) is 0.350. The van der Waals surface area contributed by atoms with E-state index in [9.17, 15) is 8.42 Å². The number of sulfonamides is 1. The van der Waals surface area contributed by atoms with Crippen molar-refractivity contribution in [2.24, 2.45) is 10.7 Å². The van der Waals surface area contributed by atoms with E-state index in [2.05, 4.69) is 15.0 Å². The molecule has 0 bridgehead atoms. The lowest BCUT2D eigenvalue weighted by Crippen LogP contribution is -2.31. The summed E-state index contributed by atoms with van der Waals surface area (Å²) in [7, 11) is -0.311. The number of anilines is 1. The maximum absolute atomic E-state index is 12.2. The molecule has 0 aliphatic rings. The third-order valence-corrected chi connectivity index (χ3v) is 5.48. The first-order valence-corrected chi connectivity index (χ1v) is 10.7. The van der Waals surface area contributed by atoms with E-state index in [4.69, 9.17) is 15.2 Å². The number of nitrogens with one attached hydrogen (secondary N) is 2. The number of aliphatic imine (C=N–C) groups is 1. The molecule has 0 radical (unpaired) electrons. The average Bonchev–Trinajstić information content (AvgIpc) is 2.65. The summed E-state index contributed by atoms with van der Waals surface area (Å²) in [6, 6.07) is 12.4. The van der Waals surface area contributed by atoms with Crippen LogP contribution >= 0.6 is 24.0 Å². The summed E-state index contributed by atoms with van der Waals surface area (Å²) in [4.78, 5) is 4.34. The topological polar surface area (TPSA) is 115 Å². The summed E-state index contributed by atoms with van der Waals surface area (Å²) in [5, 5.41) is 2.99. The number of halogens is 1. The highest BCUT2D eigenvalue weighted by Gasteiger charge is 2.15. The molecule has 0 saturated heterocycles. The maximum atomic E-state index is 12.2. The predicted octanol–water partition coefficient (Wildman–Crippen LogP) is 3.08. The van der Waals surface area contributed by atoms with Crippen LogP contribution in [0.5, 0.6) is 11.5 Å². The summed E-state index contributed by atoms with van der Waals surface area (Å²) >= 11 is 0. The number of nitrogens with two attached hydrogens (primary N) is 1. The average molecular weight is 548 g/mol. The summed E-state index contributed by atoms with van der Waals surface area (Å²) in [6.45, 7) is 3.82. The molecular formula is C20H29IN4O4S. The molecule has 166 valence electrons. The van der Waals surface area contributed by atoms with E-state index >= 15 is 0 Å². The normalized spacial score (nSPS) is 11.7. The van der Waals surface area contributed by atoms with Gasteiger partial charge in [0.25, 0.3) is 0 Å². The first kappa shape index (κ1) is 26.0. The van der Waals surface area contributed by atoms with Crippen molar-refractivity contribution in [2.45, 2.75) is 32.2 Å². The lowest BCUT2D eigenvalue weighted by molar-refractivity contribution is 0.355. The molecule has 30 heavy (non-hydrogen) atoms. The van der Waals surface area contributed by atoms with E-state index in [0.717, 1.165) is 5.56 Å². The number of guanidine groups is 1. The molecule has 4 N–H and O–H groups in total. The zero-order valence-corrected chi connectivity index (χ0v) is 20.7. The molecule has 0 atom stereocenters. The van der Waals surface area contributed by atoms with Crippen LogP contribution in [0.4, 0.5) is 5.69 Å². The van der Waals surface area contributed by atoms with Crippen LogP contribution in [0.3, 0.4) is 0 Å². The van der Waals surface area contributed by atoms with Crippen molar-refractivity contribution in [3.05, 3.63) is 53.6 Å². The van der Waals surface area contributed by atoms with Crippen LogP contribution < -0.4 is 25.2 Å². The fourth-order valence-corrected chi connectivity index (χ4v) is 4.22. The number of nitrogens with zero attached hydrogens (tertiary/aromatic N) is 1. The number of methoxy groups -OCH3 is 2. The third-order valence-electron chi connectivity index (χ3n) is 3.95. The summed E-state index contributed by atoms with van der Waals surface area (Å²) in [5.41, 5.74) is 8.16. The first-order chi connectivity index (χ1) is 13.7. The van der Waals surface area contributed by atoms with E-state index in [-0.39, 0.29) is 48.3 Å². The largest absolute Gasteiger partial charge is 0.493 e. The van der Waals surface area contributed by atoms with Crippen LogP contribution in [-0.2, 0) is 22.3 Å². The Morgan fingerprint density at radius 3 is 2.30 bits per heavy atom. The molecule has 8 nitrogen and oxygen atoms in total. The van der Waals surface area contributed by atoms with E-state index < -0.39 is 10.0 Å². The summed E-state index contributed by atoms with van der Waals surface area (Å²) in [6.07, 6.45) is 0. The Morgan fingerprint density at radius 1 is 1.07 bits per heavy atom. The van der Waals surface area contributed by atoms with Crippen molar-refractivity contribution in [1.82, 2.24) is 4.72 Å². The van der Waals surface area contributed by atoms with Gasteiger partial charge in [0.15, 0.2) is 17.5 Å². The molecule has 0 fully saturated rings. The standard InChI is InChI=1S/C20H28N4O4S.HI/c1-14(2)24-29(25,26)13-16-8-6-5-7-15(16)12-22-20(21)23-17-9-10-18(27-3)19(11-17)28-4;/h5-11,14,24H,12-13H2,1-4H3,(H3,21,22,23);1H. The second-order valence-electron chi connectivity index (χ2n) is 6.70. The van der Waals surface area contributed by atoms with Crippen molar-refractivity contribution in [2.75, 3.05) is 19.5 Å². The van der Waals surface area contributed by atoms with E-state index in [0.29, 0.717) is 22.7 Å². The number of benzene rings is 2. The van der Waals surface area contributed by atoms with Gasteiger partial charge >= 0.3 is 0 Å². The monoisotopic (exact) mass is 548 g/mol. The Balaban J connectivity index is 0.00000450. The van der Waals surface area contributed by atoms with Crippen molar-refractivity contribution < 1.29 is 17.9 Å².